The number of hydrazone groups is 1. The second-order valence-electron chi connectivity index (χ2n) is 5.95. The minimum absolute atomic E-state index is 0.0573. The second kappa shape index (κ2) is 7.78. The van der Waals surface area contributed by atoms with Crippen LogP contribution in [0.4, 0.5) is 5.69 Å². The number of hydrogen-bond acceptors (Lipinski definition) is 3. The molecule has 5 heteroatoms. The van der Waals surface area contributed by atoms with Crippen molar-refractivity contribution in [3.8, 4) is 5.75 Å². The fraction of sp³-hybridized carbons (Fsp3) is 0.190. The highest BCUT2D eigenvalue weighted by Gasteiger charge is 2.43. The predicted molar refractivity (Wildman–Crippen MR) is 105 cm³/mol. The zero-order chi connectivity index (χ0) is 18.5. The number of para-hydroxylation sites is 2. The first-order chi connectivity index (χ1) is 12.6. The third-order valence-electron chi connectivity index (χ3n) is 4.39. The van der Waals surface area contributed by atoms with Crippen molar-refractivity contribution in [3.63, 3.8) is 0 Å². The second-order valence-corrected chi connectivity index (χ2v) is 5.95. The first-order valence-electron chi connectivity index (χ1n) is 8.42. The van der Waals surface area contributed by atoms with Crippen LogP contribution >= 0.6 is 0 Å². The summed E-state index contributed by atoms with van der Waals surface area (Å²) < 4.78 is 7.17. The number of carbonyl (C=O) groups is 1. The van der Waals surface area contributed by atoms with Gasteiger partial charge in [-0.2, -0.15) is 0 Å². The molecule has 26 heavy (non-hydrogen) atoms. The van der Waals surface area contributed by atoms with Gasteiger partial charge >= 0.3 is 5.91 Å². The molecular formula is C21H22N3O2+. The van der Waals surface area contributed by atoms with Gasteiger partial charge in [0, 0.05) is 18.7 Å². The molecule has 5 nitrogen and oxygen atoms in total. The van der Waals surface area contributed by atoms with Crippen LogP contribution in [0.1, 0.15) is 12.5 Å². The molecule has 1 aliphatic heterocycles. The molecule has 0 saturated heterocycles. The van der Waals surface area contributed by atoms with Crippen molar-refractivity contribution in [2.24, 2.45) is 4.99 Å². The van der Waals surface area contributed by atoms with Gasteiger partial charge in [0.1, 0.15) is 11.4 Å². The van der Waals surface area contributed by atoms with E-state index in [4.69, 9.17) is 4.74 Å². The largest absolute Gasteiger partial charge is 0.496 e. The first-order valence-corrected chi connectivity index (χ1v) is 8.42. The van der Waals surface area contributed by atoms with Crippen LogP contribution in [0.5, 0.6) is 5.75 Å². The minimum atomic E-state index is -0.512. The van der Waals surface area contributed by atoms with E-state index in [0.717, 1.165) is 22.7 Å². The molecule has 2 aromatic carbocycles. The third kappa shape index (κ3) is 3.42. The number of allylic oxidation sites excluding steroid dienone is 1. The summed E-state index contributed by atoms with van der Waals surface area (Å²) in [5, 5.41) is 1.65. The number of methoxy groups -OCH3 is 1. The molecule has 0 aromatic heterocycles. The SMILES string of the molecule is COc1ccccc1/C=C/C=N[C@@H]1C(=O)N(c2ccccc2)[N+](C)=C1C. The van der Waals surface area contributed by atoms with E-state index in [0.29, 0.717) is 0 Å². The molecule has 2 aromatic rings. The van der Waals surface area contributed by atoms with Crippen LogP contribution in [-0.2, 0) is 4.79 Å². The number of amides is 1. The van der Waals surface area contributed by atoms with Gasteiger partial charge in [-0.15, -0.1) is 4.68 Å². The van der Waals surface area contributed by atoms with E-state index in [1.165, 1.54) is 0 Å². The quantitative estimate of drug-likeness (QED) is 0.615. The van der Waals surface area contributed by atoms with Crippen LogP contribution in [-0.4, -0.2) is 42.7 Å². The van der Waals surface area contributed by atoms with E-state index in [1.807, 2.05) is 85.4 Å². The highest BCUT2D eigenvalue weighted by molar-refractivity contribution is 6.15. The molecule has 0 radical (unpaired) electrons. The first kappa shape index (κ1) is 17.6. The van der Waals surface area contributed by atoms with Crippen molar-refractivity contribution in [3.05, 3.63) is 66.2 Å². The molecule has 1 amide bonds. The van der Waals surface area contributed by atoms with Gasteiger partial charge < -0.3 is 4.74 Å². The van der Waals surface area contributed by atoms with Gasteiger partial charge in [0.15, 0.2) is 7.05 Å². The Morgan fingerprint density at radius 3 is 2.54 bits per heavy atom. The lowest BCUT2D eigenvalue weighted by molar-refractivity contribution is -0.495. The zero-order valence-electron chi connectivity index (χ0n) is 15.2. The van der Waals surface area contributed by atoms with Crippen LogP contribution < -0.4 is 9.75 Å². The van der Waals surface area contributed by atoms with Crippen molar-refractivity contribution in [1.29, 1.82) is 0 Å². The third-order valence-corrected chi connectivity index (χ3v) is 4.39. The summed E-state index contributed by atoms with van der Waals surface area (Å²) in [7, 11) is 3.52. The standard InChI is InChI=1S/C21H22N3O2/c1-16-20(21(25)24(23(16)2)18-12-5-4-6-13-18)22-15-9-11-17-10-7-8-14-19(17)26-3/h4-15,20H,1-3H3/q+1/b11-9+,22-15?/t20-/m0/s1. The van der Waals surface area contributed by atoms with E-state index in [-0.39, 0.29) is 5.91 Å². The molecule has 0 spiro atoms. The minimum Gasteiger partial charge on any atom is -0.496 e. The molecule has 132 valence electrons. The maximum atomic E-state index is 12.8. The Labute approximate surface area is 153 Å². The normalized spacial score (nSPS) is 17.7. The number of carbonyl (C=O) groups excluding carboxylic acids is 1. The van der Waals surface area contributed by atoms with Crippen LogP contribution in [0.3, 0.4) is 0 Å². The smallest absolute Gasteiger partial charge is 0.318 e. The number of anilines is 1. The van der Waals surface area contributed by atoms with Crippen molar-refractivity contribution in [2.45, 2.75) is 13.0 Å². The van der Waals surface area contributed by atoms with Crippen molar-refractivity contribution in [2.75, 3.05) is 19.2 Å². The lowest BCUT2D eigenvalue weighted by atomic mass is 10.2. The average Bonchev–Trinajstić information content (AvgIpc) is 2.89. The monoisotopic (exact) mass is 348 g/mol. The summed E-state index contributed by atoms with van der Waals surface area (Å²) in [6, 6.07) is 16.8. The van der Waals surface area contributed by atoms with Crippen LogP contribution in [0.15, 0.2) is 65.7 Å². The van der Waals surface area contributed by atoms with Crippen LogP contribution in [0.25, 0.3) is 6.08 Å². The average molecular weight is 348 g/mol. The fourth-order valence-electron chi connectivity index (χ4n) is 2.90. The lowest BCUT2D eigenvalue weighted by Gasteiger charge is -2.10. The number of benzene rings is 2. The molecule has 0 unspecified atom stereocenters. The van der Waals surface area contributed by atoms with Gasteiger partial charge in [-0.05, 0) is 30.4 Å². The summed E-state index contributed by atoms with van der Waals surface area (Å²) in [6.07, 6.45) is 5.40. The maximum absolute atomic E-state index is 12.8. The van der Waals surface area contributed by atoms with Gasteiger partial charge in [0.25, 0.3) is 0 Å². The highest BCUT2D eigenvalue weighted by atomic mass is 16.5. The van der Waals surface area contributed by atoms with Gasteiger partial charge in [-0.25, -0.2) is 0 Å². The molecule has 1 heterocycles. The van der Waals surface area contributed by atoms with E-state index >= 15 is 0 Å². The van der Waals surface area contributed by atoms with E-state index in [1.54, 1.807) is 18.3 Å². The van der Waals surface area contributed by atoms with E-state index in [9.17, 15) is 4.79 Å². The number of hydrogen-bond donors (Lipinski definition) is 0. The topological polar surface area (TPSA) is 44.9 Å². The van der Waals surface area contributed by atoms with Gasteiger partial charge in [-0.1, -0.05) is 41.4 Å². The number of aliphatic imine (C=N–C) groups is 1. The Morgan fingerprint density at radius 1 is 1.12 bits per heavy atom. The molecule has 0 fully saturated rings. The molecule has 0 aliphatic carbocycles. The van der Waals surface area contributed by atoms with Gasteiger partial charge in [0.2, 0.25) is 11.8 Å². The Hall–Kier alpha value is -3.21. The lowest BCUT2D eigenvalue weighted by Crippen LogP contribution is -2.35. The van der Waals surface area contributed by atoms with Crippen LogP contribution in [0.2, 0.25) is 0 Å². The molecule has 0 bridgehead atoms. The number of hydrazine groups is 1. The van der Waals surface area contributed by atoms with Crippen molar-refractivity contribution >= 4 is 29.6 Å². The van der Waals surface area contributed by atoms with Gasteiger partial charge in [0.05, 0.1) is 7.11 Å². The Balaban J connectivity index is 1.77. The highest BCUT2D eigenvalue weighted by Crippen LogP contribution is 2.21. The Bertz CT molecular complexity index is 885. The maximum Gasteiger partial charge on any atom is 0.318 e. The van der Waals surface area contributed by atoms with E-state index in [2.05, 4.69) is 4.99 Å². The number of rotatable bonds is 5. The van der Waals surface area contributed by atoms with Crippen molar-refractivity contribution in [1.82, 2.24) is 0 Å². The molecule has 0 N–H and O–H groups in total. The fourth-order valence-corrected chi connectivity index (χ4v) is 2.90. The summed E-state index contributed by atoms with van der Waals surface area (Å²) in [4.78, 5) is 17.3. The molecular weight excluding hydrogens is 326 g/mol. The molecule has 1 atom stereocenters. The van der Waals surface area contributed by atoms with Crippen molar-refractivity contribution < 1.29 is 14.2 Å². The molecule has 0 saturated carbocycles. The summed E-state index contributed by atoms with van der Waals surface area (Å²) >= 11 is 0. The summed E-state index contributed by atoms with van der Waals surface area (Å²) in [5.41, 5.74) is 2.69. The predicted octanol–water partition coefficient (Wildman–Crippen LogP) is 3.21. The molecule has 3 rings (SSSR count). The number of ether oxygens (including phenoxy) is 1. The summed E-state index contributed by atoms with van der Waals surface area (Å²) in [6.45, 7) is 1.92. The van der Waals surface area contributed by atoms with Gasteiger partial charge in [-0.3, -0.25) is 9.79 Å². The van der Waals surface area contributed by atoms with E-state index < -0.39 is 6.04 Å². The summed E-state index contributed by atoms with van der Waals surface area (Å²) in [5.74, 6) is 0.741. The number of nitrogens with zero attached hydrogens (tertiary/aromatic N) is 3. The zero-order valence-corrected chi connectivity index (χ0v) is 15.2. The Morgan fingerprint density at radius 2 is 1.81 bits per heavy atom. The van der Waals surface area contributed by atoms with Crippen LogP contribution in [0, 0.1) is 0 Å². The Kier molecular flexibility index (Phi) is 5.27. The molecule has 1 aliphatic rings.